The topological polar surface area (TPSA) is 9.23 Å². The monoisotopic (exact) mass is 408 g/mol. The summed E-state index contributed by atoms with van der Waals surface area (Å²) >= 11 is 6.78. The van der Waals surface area contributed by atoms with E-state index in [1.54, 1.807) is 12.1 Å². The second-order valence-corrected chi connectivity index (χ2v) is 6.51. The van der Waals surface area contributed by atoms with E-state index in [1.807, 2.05) is 36.4 Å². The summed E-state index contributed by atoms with van der Waals surface area (Å²) in [5, 5.41) is 2.22. The van der Waals surface area contributed by atoms with Gasteiger partial charge in [0, 0.05) is 14.5 Å². The molecule has 0 atom stereocenters. The first-order valence-corrected chi connectivity index (χ1v) is 7.96. The van der Waals surface area contributed by atoms with Gasteiger partial charge in [0.2, 0.25) is 0 Å². The van der Waals surface area contributed by atoms with Crippen molar-refractivity contribution in [2.24, 2.45) is 0 Å². The molecule has 0 radical (unpaired) electrons. The van der Waals surface area contributed by atoms with Gasteiger partial charge < -0.3 is 4.74 Å². The molecule has 0 aliphatic carbocycles. The Morgan fingerprint density at radius 2 is 1.48 bits per heavy atom. The fraction of sp³-hybridized carbons (Fsp3) is 0.0588. The number of ether oxygens (including phenoxy) is 1. The molecule has 4 heteroatoms. The maximum absolute atomic E-state index is 13.7. The van der Waals surface area contributed by atoms with E-state index in [-0.39, 0.29) is 12.4 Å². The van der Waals surface area contributed by atoms with Gasteiger partial charge in [-0.2, -0.15) is 0 Å². The summed E-state index contributed by atoms with van der Waals surface area (Å²) in [6.07, 6.45) is 0. The smallest absolute Gasteiger partial charge is 0.129 e. The molecule has 3 rings (SSSR count). The Labute approximate surface area is 139 Å². The average Bonchev–Trinajstić information content (AvgIpc) is 2.48. The zero-order valence-corrected chi connectivity index (χ0v) is 14.1. The molecule has 0 aliphatic heterocycles. The Bertz CT molecular complexity index is 802. The van der Waals surface area contributed by atoms with Crippen LogP contribution in [0.15, 0.2) is 63.5 Å². The fourth-order valence-electron chi connectivity index (χ4n) is 2.10. The SMILES string of the molecule is Fc1ccc(Br)cc1COc1ccc2cc(Br)ccc2c1. The van der Waals surface area contributed by atoms with E-state index >= 15 is 0 Å². The normalized spacial score (nSPS) is 10.8. The maximum atomic E-state index is 13.7. The van der Waals surface area contributed by atoms with Crippen LogP contribution in [0, 0.1) is 5.82 Å². The van der Waals surface area contributed by atoms with Gasteiger partial charge in [-0.1, -0.05) is 44.0 Å². The van der Waals surface area contributed by atoms with Crippen molar-refractivity contribution in [3.05, 3.63) is 74.9 Å². The molecule has 0 bridgehead atoms. The van der Waals surface area contributed by atoms with Crippen LogP contribution < -0.4 is 4.74 Å². The Hall–Kier alpha value is -1.39. The minimum absolute atomic E-state index is 0.202. The van der Waals surface area contributed by atoms with Gasteiger partial charge in [-0.15, -0.1) is 0 Å². The molecule has 0 heterocycles. The lowest BCUT2D eigenvalue weighted by Gasteiger charge is -2.09. The highest BCUT2D eigenvalue weighted by Crippen LogP contribution is 2.25. The molecule has 3 aromatic carbocycles. The van der Waals surface area contributed by atoms with Crippen molar-refractivity contribution in [3.63, 3.8) is 0 Å². The van der Waals surface area contributed by atoms with Gasteiger partial charge in [-0.05, 0) is 53.2 Å². The van der Waals surface area contributed by atoms with Gasteiger partial charge in [-0.3, -0.25) is 0 Å². The van der Waals surface area contributed by atoms with Gasteiger partial charge in [0.05, 0.1) is 0 Å². The predicted octanol–water partition coefficient (Wildman–Crippen LogP) is 6.08. The average molecular weight is 410 g/mol. The molecule has 0 aliphatic rings. The number of hydrogen-bond acceptors (Lipinski definition) is 1. The van der Waals surface area contributed by atoms with Crippen molar-refractivity contribution in [2.45, 2.75) is 6.61 Å². The minimum Gasteiger partial charge on any atom is -0.489 e. The first-order chi connectivity index (χ1) is 10.1. The fourth-order valence-corrected chi connectivity index (χ4v) is 2.89. The molecule has 0 spiro atoms. The number of halogens is 3. The van der Waals surface area contributed by atoms with Crippen molar-refractivity contribution in [3.8, 4) is 5.75 Å². The highest BCUT2D eigenvalue weighted by molar-refractivity contribution is 9.10. The Balaban J connectivity index is 1.82. The summed E-state index contributed by atoms with van der Waals surface area (Å²) in [4.78, 5) is 0. The molecule has 0 unspecified atom stereocenters. The van der Waals surface area contributed by atoms with Crippen LogP contribution in [0.25, 0.3) is 10.8 Å². The van der Waals surface area contributed by atoms with Gasteiger partial charge >= 0.3 is 0 Å². The first-order valence-electron chi connectivity index (χ1n) is 6.38. The third kappa shape index (κ3) is 3.44. The third-order valence-electron chi connectivity index (χ3n) is 3.18. The summed E-state index contributed by atoms with van der Waals surface area (Å²) < 4.78 is 21.2. The van der Waals surface area contributed by atoms with Gasteiger partial charge in [-0.25, -0.2) is 4.39 Å². The van der Waals surface area contributed by atoms with E-state index in [2.05, 4.69) is 31.9 Å². The zero-order valence-electron chi connectivity index (χ0n) is 10.9. The molecule has 0 N–H and O–H groups in total. The molecule has 0 saturated carbocycles. The van der Waals surface area contributed by atoms with Crippen molar-refractivity contribution >= 4 is 42.6 Å². The van der Waals surface area contributed by atoms with Crippen LogP contribution in [0.2, 0.25) is 0 Å². The summed E-state index contributed by atoms with van der Waals surface area (Å²) in [6, 6.07) is 16.7. The van der Waals surface area contributed by atoms with Crippen molar-refractivity contribution in [1.82, 2.24) is 0 Å². The number of benzene rings is 3. The molecule has 1 nitrogen and oxygen atoms in total. The lowest BCUT2D eigenvalue weighted by molar-refractivity contribution is 0.300. The van der Waals surface area contributed by atoms with Crippen molar-refractivity contribution < 1.29 is 9.13 Å². The summed E-state index contributed by atoms with van der Waals surface area (Å²) in [7, 11) is 0. The van der Waals surface area contributed by atoms with Gasteiger partial charge in [0.25, 0.3) is 0 Å². The van der Waals surface area contributed by atoms with E-state index in [1.165, 1.54) is 6.07 Å². The molecular weight excluding hydrogens is 399 g/mol. The quantitative estimate of drug-likeness (QED) is 0.509. The van der Waals surface area contributed by atoms with Crippen LogP contribution in [0.1, 0.15) is 5.56 Å². The molecule has 0 saturated heterocycles. The molecule has 106 valence electrons. The second kappa shape index (κ2) is 6.16. The molecule has 0 amide bonds. The maximum Gasteiger partial charge on any atom is 0.129 e. The molecule has 0 aromatic heterocycles. The summed E-state index contributed by atoms with van der Waals surface area (Å²) in [6.45, 7) is 0.202. The molecule has 21 heavy (non-hydrogen) atoms. The number of rotatable bonds is 3. The summed E-state index contributed by atoms with van der Waals surface area (Å²) in [5.41, 5.74) is 0.528. The van der Waals surface area contributed by atoms with Gasteiger partial charge in [0.1, 0.15) is 18.2 Å². The summed E-state index contributed by atoms with van der Waals surface area (Å²) in [5.74, 6) is 0.465. The largest absolute Gasteiger partial charge is 0.489 e. The van der Waals surface area contributed by atoms with Crippen LogP contribution in [0.5, 0.6) is 5.75 Å². The number of hydrogen-bond donors (Lipinski definition) is 0. The predicted molar refractivity (Wildman–Crippen MR) is 90.1 cm³/mol. The molecule has 0 fully saturated rings. The van der Waals surface area contributed by atoms with E-state index in [0.717, 1.165) is 25.5 Å². The highest BCUT2D eigenvalue weighted by atomic mass is 79.9. The van der Waals surface area contributed by atoms with E-state index < -0.39 is 0 Å². The van der Waals surface area contributed by atoms with Crippen LogP contribution in [0.3, 0.4) is 0 Å². The second-order valence-electron chi connectivity index (χ2n) is 4.68. The Morgan fingerprint density at radius 3 is 2.33 bits per heavy atom. The molecular formula is C17H11Br2FO. The van der Waals surface area contributed by atoms with Crippen molar-refractivity contribution in [2.75, 3.05) is 0 Å². The van der Waals surface area contributed by atoms with Crippen LogP contribution >= 0.6 is 31.9 Å². The highest BCUT2D eigenvalue weighted by Gasteiger charge is 2.05. The number of fused-ring (bicyclic) bond motifs is 1. The van der Waals surface area contributed by atoms with E-state index in [9.17, 15) is 4.39 Å². The van der Waals surface area contributed by atoms with E-state index in [4.69, 9.17) is 4.74 Å². The van der Waals surface area contributed by atoms with Crippen LogP contribution in [-0.4, -0.2) is 0 Å². The van der Waals surface area contributed by atoms with Crippen LogP contribution in [-0.2, 0) is 6.61 Å². The third-order valence-corrected chi connectivity index (χ3v) is 4.16. The zero-order chi connectivity index (χ0) is 14.8. The Kier molecular flexibility index (Phi) is 4.27. The standard InChI is InChI=1S/C17H11Br2FO/c18-14-3-1-12-9-16(5-2-11(12)7-14)21-10-13-8-15(19)4-6-17(13)20/h1-9H,10H2. The van der Waals surface area contributed by atoms with Crippen LogP contribution in [0.4, 0.5) is 4.39 Å². The Morgan fingerprint density at radius 1 is 0.810 bits per heavy atom. The molecule has 3 aromatic rings. The van der Waals surface area contributed by atoms with Crippen molar-refractivity contribution in [1.29, 1.82) is 0 Å². The lowest BCUT2D eigenvalue weighted by Crippen LogP contribution is -1.98. The minimum atomic E-state index is -0.261. The van der Waals surface area contributed by atoms with E-state index in [0.29, 0.717) is 5.56 Å². The first kappa shape index (κ1) is 14.5. The van der Waals surface area contributed by atoms with Gasteiger partial charge in [0.15, 0.2) is 0 Å². The lowest BCUT2D eigenvalue weighted by atomic mass is 10.1.